The van der Waals surface area contributed by atoms with Gasteiger partial charge in [-0.05, 0) is 30.7 Å². The van der Waals surface area contributed by atoms with E-state index in [0.717, 1.165) is 5.76 Å². The molecule has 28 heavy (non-hydrogen) atoms. The van der Waals surface area contributed by atoms with Crippen molar-refractivity contribution < 1.29 is 27.1 Å². The zero-order valence-electron chi connectivity index (χ0n) is 15.2. The van der Waals surface area contributed by atoms with E-state index in [1.54, 1.807) is 36.6 Å². The molecule has 2 aromatic rings. The molecule has 2 heterocycles. The Hall–Kier alpha value is -2.68. The van der Waals surface area contributed by atoms with Gasteiger partial charge >= 0.3 is 12.2 Å². The number of rotatable bonds is 7. The van der Waals surface area contributed by atoms with Gasteiger partial charge in [-0.25, -0.2) is 4.79 Å². The van der Waals surface area contributed by atoms with Crippen molar-refractivity contribution in [3.63, 3.8) is 0 Å². The number of halogens is 3. The molecular formula is C19H22F3N3O3. The number of fused-ring (bicyclic) bond motifs is 1. The molecule has 0 saturated carbocycles. The molecule has 0 saturated heterocycles. The minimum Gasteiger partial charge on any atom is -0.467 e. The van der Waals surface area contributed by atoms with Gasteiger partial charge in [0.2, 0.25) is 0 Å². The zero-order chi connectivity index (χ0) is 20.0. The van der Waals surface area contributed by atoms with Gasteiger partial charge in [-0.15, -0.1) is 0 Å². The van der Waals surface area contributed by atoms with Crippen molar-refractivity contribution in [3.05, 3.63) is 48.4 Å². The fraction of sp³-hybridized carbons (Fsp3) is 0.421. The van der Waals surface area contributed by atoms with Crippen LogP contribution in [0.1, 0.15) is 12.2 Å². The van der Waals surface area contributed by atoms with E-state index in [0.29, 0.717) is 37.6 Å². The molecule has 0 bridgehead atoms. The Balaban J connectivity index is 1.48. The first kappa shape index (κ1) is 20.1. The first-order chi connectivity index (χ1) is 13.4. The van der Waals surface area contributed by atoms with Crippen LogP contribution in [0.25, 0.3) is 0 Å². The number of ether oxygens (including phenoxy) is 1. The Labute approximate surface area is 160 Å². The summed E-state index contributed by atoms with van der Waals surface area (Å²) >= 11 is 0. The fourth-order valence-electron chi connectivity index (χ4n) is 3.05. The Morgan fingerprint density at radius 3 is 2.64 bits per heavy atom. The number of nitrogens with zero attached hydrogens (tertiary/aromatic N) is 2. The lowest BCUT2D eigenvalue weighted by Gasteiger charge is -2.37. The summed E-state index contributed by atoms with van der Waals surface area (Å²) in [5.41, 5.74) is 0.882. The Bertz CT molecular complexity index is 765. The number of hydrogen-bond acceptors (Lipinski definition) is 4. The van der Waals surface area contributed by atoms with Crippen molar-refractivity contribution in [1.82, 2.24) is 5.32 Å². The van der Waals surface area contributed by atoms with E-state index < -0.39 is 12.7 Å². The summed E-state index contributed by atoms with van der Waals surface area (Å²) < 4.78 is 49.0. The van der Waals surface area contributed by atoms with Crippen molar-refractivity contribution in [2.24, 2.45) is 0 Å². The lowest BCUT2D eigenvalue weighted by Crippen LogP contribution is -2.50. The minimum absolute atomic E-state index is 0.121. The van der Waals surface area contributed by atoms with Crippen molar-refractivity contribution in [2.45, 2.75) is 19.2 Å². The molecule has 1 aromatic heterocycles. The predicted molar refractivity (Wildman–Crippen MR) is 98.4 cm³/mol. The number of anilines is 2. The number of furan rings is 1. The van der Waals surface area contributed by atoms with Crippen molar-refractivity contribution in [1.29, 1.82) is 0 Å². The van der Waals surface area contributed by atoms with Gasteiger partial charge in [0.25, 0.3) is 0 Å². The number of hydrogen-bond donors (Lipinski definition) is 1. The number of amides is 2. The SMILES string of the molecule is O=C(NCCCOCc1ccco1)N1CCN(CC(F)(F)F)c2ccccc21. The average molecular weight is 397 g/mol. The van der Waals surface area contributed by atoms with E-state index in [9.17, 15) is 18.0 Å². The number of benzene rings is 1. The molecule has 0 spiro atoms. The van der Waals surface area contributed by atoms with Gasteiger partial charge in [0.05, 0.1) is 17.6 Å². The van der Waals surface area contributed by atoms with Gasteiger partial charge in [-0.1, -0.05) is 12.1 Å². The third kappa shape index (κ3) is 5.41. The highest BCUT2D eigenvalue weighted by molar-refractivity contribution is 5.96. The second-order valence-corrected chi connectivity index (χ2v) is 6.39. The molecule has 152 valence electrons. The summed E-state index contributed by atoms with van der Waals surface area (Å²) in [7, 11) is 0. The summed E-state index contributed by atoms with van der Waals surface area (Å²) in [6.07, 6.45) is -2.11. The third-order valence-corrected chi connectivity index (χ3v) is 4.29. The second kappa shape index (κ2) is 9.01. The Kier molecular flexibility index (Phi) is 6.45. The van der Waals surface area contributed by atoms with Crippen LogP contribution in [0.15, 0.2) is 47.1 Å². The van der Waals surface area contributed by atoms with E-state index in [1.807, 2.05) is 6.07 Å². The summed E-state index contributed by atoms with van der Waals surface area (Å²) in [5, 5.41) is 2.79. The maximum Gasteiger partial charge on any atom is 0.405 e. The zero-order valence-corrected chi connectivity index (χ0v) is 15.2. The van der Waals surface area contributed by atoms with Crippen molar-refractivity contribution in [2.75, 3.05) is 42.6 Å². The smallest absolute Gasteiger partial charge is 0.405 e. The topological polar surface area (TPSA) is 58.0 Å². The molecule has 6 nitrogen and oxygen atoms in total. The molecule has 1 N–H and O–H groups in total. The summed E-state index contributed by atoms with van der Waals surface area (Å²) in [6.45, 7) is 0.505. The Morgan fingerprint density at radius 1 is 1.14 bits per heavy atom. The van der Waals surface area contributed by atoms with E-state index in [2.05, 4.69) is 5.32 Å². The number of carbonyl (C=O) groups excluding carboxylic acids is 1. The van der Waals surface area contributed by atoms with Gasteiger partial charge in [0, 0.05) is 26.2 Å². The third-order valence-electron chi connectivity index (χ3n) is 4.29. The summed E-state index contributed by atoms with van der Waals surface area (Å²) in [6, 6.07) is 9.90. The first-order valence-electron chi connectivity index (χ1n) is 9.00. The molecule has 9 heteroatoms. The van der Waals surface area contributed by atoms with Crippen molar-refractivity contribution in [3.8, 4) is 0 Å². The molecule has 0 radical (unpaired) electrons. The van der Waals surface area contributed by atoms with Crippen LogP contribution in [-0.4, -0.2) is 45.0 Å². The van der Waals surface area contributed by atoms with Crippen molar-refractivity contribution >= 4 is 17.4 Å². The molecule has 0 fully saturated rings. The maximum absolute atomic E-state index is 12.8. The number of urea groups is 1. The lowest BCUT2D eigenvalue weighted by molar-refractivity contribution is -0.119. The highest BCUT2D eigenvalue weighted by Gasteiger charge is 2.35. The molecular weight excluding hydrogens is 375 g/mol. The van der Waals surface area contributed by atoms with Crippen LogP contribution in [-0.2, 0) is 11.3 Å². The summed E-state index contributed by atoms with van der Waals surface area (Å²) in [4.78, 5) is 15.2. The summed E-state index contributed by atoms with van der Waals surface area (Å²) in [5.74, 6) is 0.734. The van der Waals surface area contributed by atoms with Gasteiger partial charge in [0.1, 0.15) is 18.9 Å². The molecule has 0 atom stereocenters. The van der Waals surface area contributed by atoms with E-state index in [1.165, 1.54) is 9.80 Å². The molecule has 0 unspecified atom stereocenters. The fourth-order valence-corrected chi connectivity index (χ4v) is 3.05. The van der Waals surface area contributed by atoms with Crippen LogP contribution in [0.4, 0.5) is 29.3 Å². The molecule has 2 amide bonds. The molecule has 0 aliphatic carbocycles. The predicted octanol–water partition coefficient (Wildman–Crippen LogP) is 3.78. The number of alkyl halides is 3. The quantitative estimate of drug-likeness (QED) is 0.723. The van der Waals surface area contributed by atoms with Crippen LogP contribution in [0.2, 0.25) is 0 Å². The van der Waals surface area contributed by atoms with Gasteiger partial charge in [-0.2, -0.15) is 13.2 Å². The van der Waals surface area contributed by atoms with Crippen LogP contribution in [0.5, 0.6) is 0 Å². The average Bonchev–Trinajstić information content (AvgIpc) is 3.17. The van der Waals surface area contributed by atoms with Crippen LogP contribution in [0.3, 0.4) is 0 Å². The number of para-hydroxylation sites is 2. The lowest BCUT2D eigenvalue weighted by atomic mass is 10.1. The minimum atomic E-state index is -4.30. The van der Waals surface area contributed by atoms with Gasteiger partial charge < -0.3 is 19.4 Å². The maximum atomic E-state index is 12.8. The van der Waals surface area contributed by atoms with Crippen LogP contribution < -0.4 is 15.1 Å². The van der Waals surface area contributed by atoms with Crippen LogP contribution >= 0.6 is 0 Å². The van der Waals surface area contributed by atoms with Gasteiger partial charge in [0.15, 0.2) is 0 Å². The molecule has 3 rings (SSSR count). The van der Waals surface area contributed by atoms with Gasteiger partial charge in [-0.3, -0.25) is 4.90 Å². The molecule has 1 aromatic carbocycles. The standard InChI is InChI=1S/C19H22F3N3O3/c20-19(21,22)14-24-9-10-25(17-7-2-1-6-16(17)24)18(26)23-8-4-11-27-13-15-5-3-12-28-15/h1-3,5-7,12H,4,8-11,13-14H2,(H,23,26). The second-order valence-electron chi connectivity index (χ2n) is 6.39. The molecule has 1 aliphatic rings. The van der Waals surface area contributed by atoms with E-state index in [-0.39, 0.29) is 19.1 Å². The normalized spacial score (nSPS) is 14.1. The number of carbonyl (C=O) groups is 1. The van der Waals surface area contributed by atoms with Crippen LogP contribution in [0, 0.1) is 0 Å². The largest absolute Gasteiger partial charge is 0.467 e. The first-order valence-corrected chi connectivity index (χ1v) is 9.00. The molecule has 1 aliphatic heterocycles. The number of nitrogens with one attached hydrogen (secondary N) is 1. The van der Waals surface area contributed by atoms with E-state index in [4.69, 9.17) is 9.15 Å². The monoisotopic (exact) mass is 397 g/mol. The Morgan fingerprint density at radius 2 is 1.93 bits per heavy atom. The highest BCUT2D eigenvalue weighted by atomic mass is 19.4. The highest BCUT2D eigenvalue weighted by Crippen LogP contribution is 2.34. The van der Waals surface area contributed by atoms with E-state index >= 15 is 0 Å².